The van der Waals surface area contributed by atoms with Gasteiger partial charge in [-0.1, -0.05) is 37.6 Å². The number of benzene rings is 1. The van der Waals surface area contributed by atoms with Gasteiger partial charge in [-0.15, -0.1) is 0 Å². The standard InChI is InChI=1S/C16H23N3O/c1-3-4-14-5-7-15(8-6-14)13(2)18-16-11-17-19(12-16)9-10-20/h5-8,11-13,18,20H,3-4,9-10H2,1-2H3. The molecule has 0 aliphatic heterocycles. The first-order valence-corrected chi connectivity index (χ1v) is 7.21. The first kappa shape index (κ1) is 14.6. The number of aryl methyl sites for hydroxylation is 1. The molecule has 0 saturated carbocycles. The number of aliphatic hydroxyl groups excluding tert-OH is 1. The van der Waals surface area contributed by atoms with Gasteiger partial charge in [0, 0.05) is 12.2 Å². The fourth-order valence-electron chi connectivity index (χ4n) is 2.26. The fourth-order valence-corrected chi connectivity index (χ4v) is 2.26. The zero-order valence-electron chi connectivity index (χ0n) is 12.2. The lowest BCUT2D eigenvalue weighted by molar-refractivity contribution is 0.269. The molecule has 0 amide bonds. The Morgan fingerprint density at radius 1 is 1.30 bits per heavy atom. The third kappa shape index (κ3) is 3.84. The molecule has 0 aliphatic rings. The molecule has 2 N–H and O–H groups in total. The van der Waals surface area contributed by atoms with Crippen LogP contribution in [0.25, 0.3) is 0 Å². The molecule has 0 spiro atoms. The molecule has 1 heterocycles. The van der Waals surface area contributed by atoms with Crippen LogP contribution >= 0.6 is 0 Å². The van der Waals surface area contributed by atoms with Crippen molar-refractivity contribution in [3.8, 4) is 0 Å². The van der Waals surface area contributed by atoms with Crippen molar-refractivity contribution in [2.24, 2.45) is 0 Å². The molecule has 4 heteroatoms. The van der Waals surface area contributed by atoms with E-state index in [-0.39, 0.29) is 12.6 Å². The van der Waals surface area contributed by atoms with Gasteiger partial charge in [0.05, 0.1) is 25.0 Å². The van der Waals surface area contributed by atoms with Crippen LogP contribution in [0, 0.1) is 0 Å². The predicted octanol–water partition coefficient (Wildman–Crippen LogP) is 3.00. The van der Waals surface area contributed by atoms with Gasteiger partial charge in [-0.3, -0.25) is 4.68 Å². The molecule has 20 heavy (non-hydrogen) atoms. The summed E-state index contributed by atoms with van der Waals surface area (Å²) in [6.45, 7) is 4.97. The normalized spacial score (nSPS) is 12.3. The minimum Gasteiger partial charge on any atom is -0.394 e. The second-order valence-corrected chi connectivity index (χ2v) is 5.07. The number of anilines is 1. The lowest BCUT2D eigenvalue weighted by atomic mass is 10.0. The first-order chi connectivity index (χ1) is 9.72. The Labute approximate surface area is 120 Å². The molecule has 0 saturated heterocycles. The van der Waals surface area contributed by atoms with Crippen LogP contribution in [0.4, 0.5) is 5.69 Å². The van der Waals surface area contributed by atoms with Crippen molar-refractivity contribution >= 4 is 5.69 Å². The van der Waals surface area contributed by atoms with Crippen LogP contribution in [0.15, 0.2) is 36.7 Å². The largest absolute Gasteiger partial charge is 0.394 e. The number of rotatable bonds is 7. The summed E-state index contributed by atoms with van der Waals surface area (Å²) in [5.41, 5.74) is 3.63. The smallest absolute Gasteiger partial charge is 0.0731 e. The van der Waals surface area contributed by atoms with Crippen molar-refractivity contribution in [1.82, 2.24) is 9.78 Å². The fraction of sp³-hybridized carbons (Fsp3) is 0.438. The summed E-state index contributed by atoms with van der Waals surface area (Å²) in [4.78, 5) is 0. The highest BCUT2D eigenvalue weighted by Crippen LogP contribution is 2.19. The lowest BCUT2D eigenvalue weighted by Crippen LogP contribution is -2.06. The van der Waals surface area contributed by atoms with Crippen molar-refractivity contribution in [3.05, 3.63) is 47.8 Å². The molecule has 2 rings (SSSR count). The molecular formula is C16H23N3O. The van der Waals surface area contributed by atoms with Crippen molar-refractivity contribution in [1.29, 1.82) is 0 Å². The van der Waals surface area contributed by atoms with Gasteiger partial charge in [0.2, 0.25) is 0 Å². The highest BCUT2D eigenvalue weighted by atomic mass is 16.3. The number of aromatic nitrogens is 2. The summed E-state index contributed by atoms with van der Waals surface area (Å²) in [6.07, 6.45) is 6.02. The van der Waals surface area contributed by atoms with Gasteiger partial charge in [0.15, 0.2) is 0 Å². The zero-order valence-corrected chi connectivity index (χ0v) is 12.2. The average molecular weight is 273 g/mol. The van der Waals surface area contributed by atoms with E-state index in [1.807, 2.05) is 6.20 Å². The van der Waals surface area contributed by atoms with Crippen LogP contribution in [0.2, 0.25) is 0 Å². The zero-order chi connectivity index (χ0) is 14.4. The molecule has 2 aromatic rings. The monoisotopic (exact) mass is 273 g/mol. The van der Waals surface area contributed by atoms with Crippen molar-refractivity contribution in [2.45, 2.75) is 39.3 Å². The number of nitrogens with zero attached hydrogens (tertiary/aromatic N) is 2. The maximum absolute atomic E-state index is 8.88. The van der Waals surface area contributed by atoms with Crippen molar-refractivity contribution in [2.75, 3.05) is 11.9 Å². The highest BCUT2D eigenvalue weighted by Gasteiger charge is 2.06. The van der Waals surface area contributed by atoms with E-state index in [2.05, 4.69) is 48.5 Å². The van der Waals surface area contributed by atoms with Crippen molar-refractivity contribution in [3.63, 3.8) is 0 Å². The maximum Gasteiger partial charge on any atom is 0.0731 e. The van der Waals surface area contributed by atoms with E-state index in [1.165, 1.54) is 17.5 Å². The van der Waals surface area contributed by atoms with E-state index in [1.54, 1.807) is 10.9 Å². The molecule has 4 nitrogen and oxygen atoms in total. The number of aliphatic hydroxyl groups is 1. The van der Waals surface area contributed by atoms with Crippen LogP contribution < -0.4 is 5.32 Å². The van der Waals surface area contributed by atoms with Crippen LogP contribution in [-0.2, 0) is 13.0 Å². The van der Waals surface area contributed by atoms with E-state index < -0.39 is 0 Å². The summed E-state index contributed by atoms with van der Waals surface area (Å²) >= 11 is 0. The van der Waals surface area contributed by atoms with Crippen molar-refractivity contribution < 1.29 is 5.11 Å². The third-order valence-corrected chi connectivity index (χ3v) is 3.36. The molecule has 1 aromatic carbocycles. The average Bonchev–Trinajstić information content (AvgIpc) is 2.88. The minimum absolute atomic E-state index is 0.107. The quantitative estimate of drug-likeness (QED) is 0.815. The second-order valence-electron chi connectivity index (χ2n) is 5.07. The number of nitrogens with one attached hydrogen (secondary N) is 1. The Morgan fingerprint density at radius 3 is 2.70 bits per heavy atom. The van der Waals surface area contributed by atoms with Gasteiger partial charge >= 0.3 is 0 Å². The number of hydrogen-bond donors (Lipinski definition) is 2. The maximum atomic E-state index is 8.88. The van der Waals surface area contributed by atoms with Crippen LogP contribution in [0.3, 0.4) is 0 Å². The third-order valence-electron chi connectivity index (χ3n) is 3.36. The van der Waals surface area contributed by atoms with E-state index >= 15 is 0 Å². The Bertz CT molecular complexity index is 519. The van der Waals surface area contributed by atoms with Gasteiger partial charge in [-0.05, 0) is 24.5 Å². The van der Waals surface area contributed by atoms with E-state index in [4.69, 9.17) is 5.11 Å². The Hall–Kier alpha value is -1.81. The van der Waals surface area contributed by atoms with E-state index in [0.29, 0.717) is 6.54 Å². The Kier molecular flexibility index (Phi) is 5.18. The molecular weight excluding hydrogens is 250 g/mol. The second kappa shape index (κ2) is 7.10. The summed E-state index contributed by atoms with van der Waals surface area (Å²) in [5, 5.41) is 16.5. The summed E-state index contributed by atoms with van der Waals surface area (Å²) in [7, 11) is 0. The van der Waals surface area contributed by atoms with Crippen LogP contribution in [0.1, 0.15) is 37.4 Å². The molecule has 1 unspecified atom stereocenters. The van der Waals surface area contributed by atoms with E-state index in [0.717, 1.165) is 12.1 Å². The molecule has 0 radical (unpaired) electrons. The van der Waals surface area contributed by atoms with Gasteiger partial charge in [0.1, 0.15) is 0 Å². The summed E-state index contributed by atoms with van der Waals surface area (Å²) in [6, 6.07) is 9.00. The number of hydrogen-bond acceptors (Lipinski definition) is 3. The molecule has 0 fully saturated rings. The van der Waals surface area contributed by atoms with Gasteiger partial charge in [0.25, 0.3) is 0 Å². The lowest BCUT2D eigenvalue weighted by Gasteiger charge is -2.14. The van der Waals surface area contributed by atoms with Crippen LogP contribution in [-0.4, -0.2) is 21.5 Å². The Morgan fingerprint density at radius 2 is 2.05 bits per heavy atom. The predicted molar refractivity (Wildman–Crippen MR) is 81.8 cm³/mol. The molecule has 0 aliphatic carbocycles. The molecule has 0 bridgehead atoms. The summed E-state index contributed by atoms with van der Waals surface area (Å²) < 4.78 is 1.74. The van der Waals surface area contributed by atoms with Gasteiger partial charge < -0.3 is 10.4 Å². The summed E-state index contributed by atoms with van der Waals surface area (Å²) in [5.74, 6) is 0. The highest BCUT2D eigenvalue weighted by molar-refractivity contribution is 5.41. The first-order valence-electron chi connectivity index (χ1n) is 7.21. The van der Waals surface area contributed by atoms with Gasteiger partial charge in [-0.2, -0.15) is 5.10 Å². The topological polar surface area (TPSA) is 50.1 Å². The SMILES string of the molecule is CCCc1ccc(C(C)Nc2cnn(CCO)c2)cc1. The molecule has 1 aromatic heterocycles. The minimum atomic E-state index is 0.107. The van der Waals surface area contributed by atoms with Crippen LogP contribution in [0.5, 0.6) is 0 Å². The van der Waals surface area contributed by atoms with E-state index in [9.17, 15) is 0 Å². The van der Waals surface area contributed by atoms with Gasteiger partial charge in [-0.25, -0.2) is 0 Å². The molecule has 108 valence electrons. The Balaban J connectivity index is 1.97. The molecule has 1 atom stereocenters.